The Balaban J connectivity index is 2.78. The van der Waals surface area contributed by atoms with E-state index >= 15 is 0 Å². The maximum atomic E-state index is 11.9. The first kappa shape index (κ1) is 16.4. The van der Waals surface area contributed by atoms with Crippen LogP contribution in [0.2, 0.25) is 19.6 Å². The fourth-order valence-corrected chi connectivity index (χ4v) is 2.81. The molecule has 0 fully saturated rings. The summed E-state index contributed by atoms with van der Waals surface area (Å²) in [5, 5.41) is 10.5. The molecule has 1 aromatic rings. The van der Waals surface area contributed by atoms with Gasteiger partial charge in [-0.25, -0.2) is 8.42 Å². The fraction of sp³-hybridized carbons (Fsp3) is 0.333. The van der Waals surface area contributed by atoms with E-state index in [1.807, 2.05) is 0 Å². The number of benzene rings is 1. The number of nitrogens with zero attached hydrogens (tertiary/aromatic N) is 1. The Morgan fingerprint density at radius 1 is 1.25 bits per heavy atom. The molecule has 0 aromatic heterocycles. The smallest absolute Gasteiger partial charge is 0.258 e. The molecular weight excluding hydrogens is 296 g/mol. The van der Waals surface area contributed by atoms with Gasteiger partial charge in [0.1, 0.15) is 8.07 Å². The molecule has 0 spiro atoms. The number of hydrogen-bond acceptors (Lipinski definition) is 4. The van der Waals surface area contributed by atoms with Crippen LogP contribution in [0.25, 0.3) is 0 Å². The summed E-state index contributed by atoms with van der Waals surface area (Å²) < 4.78 is 26.1. The minimum atomic E-state index is -3.68. The van der Waals surface area contributed by atoms with E-state index in [2.05, 4.69) is 35.8 Å². The molecule has 1 N–H and O–H groups in total. The molecule has 0 saturated heterocycles. The molecule has 0 aliphatic heterocycles. The van der Waals surface area contributed by atoms with Gasteiger partial charge < -0.3 is 0 Å². The number of nitro groups is 1. The highest BCUT2D eigenvalue weighted by Crippen LogP contribution is 2.15. The van der Waals surface area contributed by atoms with Crippen LogP contribution in [0.1, 0.15) is 0 Å². The largest absolute Gasteiger partial charge is 0.269 e. The number of sulfonamides is 1. The molecule has 0 aliphatic rings. The number of nitrogens with one attached hydrogen (secondary N) is 1. The summed E-state index contributed by atoms with van der Waals surface area (Å²) >= 11 is 0. The van der Waals surface area contributed by atoms with E-state index in [9.17, 15) is 18.5 Å². The molecule has 1 rings (SSSR count). The van der Waals surface area contributed by atoms with Crippen LogP contribution in [0, 0.1) is 21.6 Å². The molecule has 0 atom stereocenters. The van der Waals surface area contributed by atoms with E-state index in [1.54, 1.807) is 0 Å². The highest BCUT2D eigenvalue weighted by atomic mass is 32.2. The Morgan fingerprint density at radius 2 is 1.80 bits per heavy atom. The molecule has 108 valence electrons. The summed E-state index contributed by atoms with van der Waals surface area (Å²) in [7, 11) is -5.20. The van der Waals surface area contributed by atoms with Crippen molar-refractivity contribution in [2.24, 2.45) is 0 Å². The standard InChI is InChI=1S/C12H16N2O4SSi/c1-20(2,3)10-4-9-13-19(17,18)12-7-5-11(6-8-12)14(15)16/h5-8,13H,9H2,1-3H3. The molecule has 0 unspecified atom stereocenters. The summed E-state index contributed by atoms with van der Waals surface area (Å²) in [6.07, 6.45) is 0. The van der Waals surface area contributed by atoms with E-state index in [1.165, 1.54) is 12.1 Å². The summed E-state index contributed by atoms with van der Waals surface area (Å²) in [5.74, 6) is 2.79. The van der Waals surface area contributed by atoms with Crippen LogP contribution < -0.4 is 4.72 Å². The maximum absolute atomic E-state index is 11.9. The zero-order valence-corrected chi connectivity index (χ0v) is 13.3. The van der Waals surface area contributed by atoms with Gasteiger partial charge in [-0.05, 0) is 12.1 Å². The molecule has 1 aromatic carbocycles. The average Bonchev–Trinajstić information content (AvgIpc) is 2.34. The number of non-ortho nitro benzene ring substituents is 1. The summed E-state index contributed by atoms with van der Waals surface area (Å²) in [6.45, 7) is 6.21. The Hall–Kier alpha value is -1.69. The van der Waals surface area contributed by atoms with E-state index in [0.717, 1.165) is 12.1 Å². The lowest BCUT2D eigenvalue weighted by atomic mass is 10.3. The van der Waals surface area contributed by atoms with Gasteiger partial charge in [0.2, 0.25) is 10.0 Å². The van der Waals surface area contributed by atoms with Gasteiger partial charge in [-0.3, -0.25) is 10.1 Å². The third-order valence-electron chi connectivity index (χ3n) is 2.17. The van der Waals surface area contributed by atoms with Crippen molar-refractivity contribution in [3.63, 3.8) is 0 Å². The third kappa shape index (κ3) is 5.12. The molecule has 0 bridgehead atoms. The minimum absolute atomic E-state index is 0.0158. The van der Waals surface area contributed by atoms with Crippen molar-refractivity contribution in [3.8, 4) is 11.5 Å². The van der Waals surface area contributed by atoms with Gasteiger partial charge in [-0.2, -0.15) is 4.72 Å². The lowest BCUT2D eigenvalue weighted by Gasteiger charge is -2.05. The SMILES string of the molecule is C[Si](C)(C)C#CCNS(=O)(=O)c1ccc([N+](=O)[O-])cc1. The number of hydrogen-bond donors (Lipinski definition) is 1. The molecule has 20 heavy (non-hydrogen) atoms. The van der Waals surface area contributed by atoms with Crippen molar-refractivity contribution in [3.05, 3.63) is 34.4 Å². The number of rotatable bonds is 4. The monoisotopic (exact) mass is 312 g/mol. The van der Waals surface area contributed by atoms with E-state index in [4.69, 9.17) is 0 Å². The summed E-state index contributed by atoms with van der Waals surface area (Å²) in [6, 6.07) is 4.71. The zero-order valence-electron chi connectivity index (χ0n) is 11.5. The van der Waals surface area contributed by atoms with Crippen LogP contribution in [0.15, 0.2) is 29.2 Å². The Kier molecular flexibility index (Phi) is 5.05. The van der Waals surface area contributed by atoms with Gasteiger partial charge in [0.05, 0.1) is 16.4 Å². The first-order chi connectivity index (χ1) is 9.12. The van der Waals surface area contributed by atoms with E-state index in [-0.39, 0.29) is 17.1 Å². The molecule has 8 heteroatoms. The second-order valence-electron chi connectivity index (χ2n) is 5.13. The van der Waals surface area contributed by atoms with Gasteiger partial charge in [0.15, 0.2) is 0 Å². The van der Waals surface area contributed by atoms with Crippen molar-refractivity contribution >= 4 is 23.8 Å². The highest BCUT2D eigenvalue weighted by molar-refractivity contribution is 7.89. The lowest BCUT2D eigenvalue weighted by molar-refractivity contribution is -0.384. The minimum Gasteiger partial charge on any atom is -0.258 e. The van der Waals surface area contributed by atoms with Crippen molar-refractivity contribution in [1.82, 2.24) is 4.72 Å². The van der Waals surface area contributed by atoms with Crippen LogP contribution in [0.3, 0.4) is 0 Å². The van der Waals surface area contributed by atoms with Gasteiger partial charge in [-0.1, -0.05) is 25.6 Å². The van der Waals surface area contributed by atoms with Crippen LogP contribution in [0.4, 0.5) is 5.69 Å². The zero-order chi connectivity index (χ0) is 15.4. The van der Waals surface area contributed by atoms with Crippen molar-refractivity contribution in [2.45, 2.75) is 24.5 Å². The van der Waals surface area contributed by atoms with Crippen molar-refractivity contribution in [1.29, 1.82) is 0 Å². The van der Waals surface area contributed by atoms with Gasteiger partial charge >= 0.3 is 0 Å². The normalized spacial score (nSPS) is 11.6. The molecule has 0 amide bonds. The summed E-state index contributed by atoms with van der Waals surface area (Å²) in [5.41, 5.74) is 2.89. The first-order valence-electron chi connectivity index (χ1n) is 5.86. The predicted octanol–water partition coefficient (Wildman–Crippen LogP) is 1.75. The van der Waals surface area contributed by atoms with Crippen molar-refractivity contribution < 1.29 is 13.3 Å². The molecule has 0 saturated carbocycles. The van der Waals surface area contributed by atoms with Crippen LogP contribution in [0.5, 0.6) is 0 Å². The number of nitro benzene ring substituents is 1. The molecule has 6 nitrogen and oxygen atoms in total. The van der Waals surface area contributed by atoms with E-state index in [0.29, 0.717) is 0 Å². The Morgan fingerprint density at radius 3 is 2.25 bits per heavy atom. The van der Waals surface area contributed by atoms with Gasteiger partial charge in [0, 0.05) is 12.1 Å². The van der Waals surface area contributed by atoms with Crippen LogP contribution in [-0.2, 0) is 10.0 Å². The van der Waals surface area contributed by atoms with Crippen LogP contribution >= 0.6 is 0 Å². The average molecular weight is 312 g/mol. The Labute approximate surface area is 119 Å². The summed E-state index contributed by atoms with van der Waals surface area (Å²) in [4.78, 5) is 9.90. The lowest BCUT2D eigenvalue weighted by Crippen LogP contribution is -2.25. The van der Waals surface area contributed by atoms with Crippen LogP contribution in [-0.4, -0.2) is 28.0 Å². The van der Waals surface area contributed by atoms with Gasteiger partial charge in [-0.15, -0.1) is 5.54 Å². The fourth-order valence-electron chi connectivity index (χ4n) is 1.27. The molecule has 0 radical (unpaired) electrons. The third-order valence-corrected chi connectivity index (χ3v) is 4.52. The maximum Gasteiger partial charge on any atom is 0.269 e. The quantitative estimate of drug-likeness (QED) is 0.397. The predicted molar refractivity (Wildman–Crippen MR) is 79.4 cm³/mol. The topological polar surface area (TPSA) is 89.3 Å². The van der Waals surface area contributed by atoms with Gasteiger partial charge in [0.25, 0.3) is 5.69 Å². The highest BCUT2D eigenvalue weighted by Gasteiger charge is 2.15. The first-order valence-corrected chi connectivity index (χ1v) is 10.8. The second-order valence-corrected chi connectivity index (χ2v) is 11.6. The second kappa shape index (κ2) is 6.17. The van der Waals surface area contributed by atoms with E-state index < -0.39 is 23.0 Å². The molecule has 0 heterocycles. The van der Waals surface area contributed by atoms with Crippen molar-refractivity contribution in [2.75, 3.05) is 6.54 Å². The Bertz CT molecular complexity index is 651. The molecular formula is C12H16N2O4SSi. The molecule has 0 aliphatic carbocycles.